The molecule has 0 saturated heterocycles. The molecule has 0 aliphatic heterocycles. The van der Waals surface area contributed by atoms with E-state index in [1.165, 1.54) is 42.6 Å². The minimum absolute atomic E-state index is 0.0312. The number of carbonyl (C=O) groups is 1. The number of rotatable bonds is 5. The number of anilines is 2. The third kappa shape index (κ3) is 3.98. The van der Waals surface area contributed by atoms with Crippen molar-refractivity contribution in [3.63, 3.8) is 0 Å². The van der Waals surface area contributed by atoms with Gasteiger partial charge in [-0.3, -0.25) is 9.52 Å². The number of hydrogen-bond acceptors (Lipinski definition) is 5. The molecule has 26 heavy (non-hydrogen) atoms. The molecule has 3 N–H and O–H groups in total. The topological polar surface area (TPSA) is 108 Å². The van der Waals surface area contributed by atoms with E-state index in [1.54, 1.807) is 30.3 Å². The Kier molecular flexibility index (Phi) is 4.85. The molecule has 0 unspecified atom stereocenters. The van der Waals surface area contributed by atoms with Crippen molar-refractivity contribution in [1.29, 1.82) is 0 Å². The number of phenolic OH excluding ortho intramolecular Hbond substituents is 1. The molecular weight excluding hydrogens is 354 g/mol. The fourth-order valence-electron chi connectivity index (χ4n) is 2.20. The third-order valence-electron chi connectivity index (χ3n) is 3.47. The molecule has 1 amide bonds. The number of amides is 1. The summed E-state index contributed by atoms with van der Waals surface area (Å²) >= 11 is 0. The largest absolute Gasteiger partial charge is 0.507 e. The molecule has 2 aromatic carbocycles. The van der Waals surface area contributed by atoms with E-state index in [1.807, 2.05) is 0 Å². The highest BCUT2D eigenvalue weighted by molar-refractivity contribution is 7.92. The van der Waals surface area contributed by atoms with E-state index in [-0.39, 0.29) is 22.0 Å². The highest BCUT2D eigenvalue weighted by Gasteiger charge is 2.15. The summed E-state index contributed by atoms with van der Waals surface area (Å²) in [5, 5.41) is 12.3. The van der Waals surface area contributed by atoms with Crippen molar-refractivity contribution in [2.75, 3.05) is 10.0 Å². The quantitative estimate of drug-likeness (QED) is 0.641. The van der Waals surface area contributed by atoms with Crippen LogP contribution in [0.1, 0.15) is 10.4 Å². The van der Waals surface area contributed by atoms with Crippen molar-refractivity contribution in [1.82, 2.24) is 4.98 Å². The molecule has 0 aliphatic rings. The van der Waals surface area contributed by atoms with Gasteiger partial charge >= 0.3 is 0 Å². The number of nitrogens with zero attached hydrogens (tertiary/aromatic N) is 1. The van der Waals surface area contributed by atoms with Gasteiger partial charge in [0.25, 0.3) is 15.9 Å². The van der Waals surface area contributed by atoms with Gasteiger partial charge in [-0.05, 0) is 48.5 Å². The van der Waals surface area contributed by atoms with Gasteiger partial charge < -0.3 is 10.4 Å². The fraction of sp³-hybridized carbons (Fsp3) is 0. The number of phenols is 1. The first-order valence-corrected chi connectivity index (χ1v) is 9.07. The van der Waals surface area contributed by atoms with Crippen LogP contribution >= 0.6 is 0 Å². The molecule has 3 rings (SSSR count). The minimum Gasteiger partial charge on any atom is -0.507 e. The molecule has 3 aromatic rings. The molecule has 0 atom stereocenters. The maximum Gasteiger partial charge on any atom is 0.263 e. The van der Waals surface area contributed by atoms with E-state index in [2.05, 4.69) is 15.0 Å². The van der Waals surface area contributed by atoms with Gasteiger partial charge in [0, 0.05) is 11.9 Å². The van der Waals surface area contributed by atoms with Crippen molar-refractivity contribution in [2.24, 2.45) is 0 Å². The van der Waals surface area contributed by atoms with Gasteiger partial charge in [-0.15, -0.1) is 0 Å². The molecule has 0 spiro atoms. The predicted molar refractivity (Wildman–Crippen MR) is 97.5 cm³/mol. The molecule has 0 bridgehead atoms. The van der Waals surface area contributed by atoms with Crippen molar-refractivity contribution in [2.45, 2.75) is 4.90 Å². The number of para-hydroxylation sites is 1. The number of aromatic hydroxyl groups is 1. The summed E-state index contributed by atoms with van der Waals surface area (Å²) in [4.78, 5) is 16.1. The van der Waals surface area contributed by atoms with E-state index in [9.17, 15) is 18.3 Å². The Balaban J connectivity index is 1.74. The number of nitrogens with one attached hydrogen (secondary N) is 2. The number of aromatic nitrogens is 1. The van der Waals surface area contributed by atoms with Crippen LogP contribution < -0.4 is 10.0 Å². The van der Waals surface area contributed by atoms with Crippen LogP contribution in [0.5, 0.6) is 5.75 Å². The van der Waals surface area contributed by atoms with Crippen molar-refractivity contribution < 1.29 is 18.3 Å². The molecule has 1 heterocycles. The zero-order valence-corrected chi connectivity index (χ0v) is 14.3. The van der Waals surface area contributed by atoms with E-state index in [0.717, 1.165) is 0 Å². The highest BCUT2D eigenvalue weighted by atomic mass is 32.2. The normalized spacial score (nSPS) is 10.9. The first-order chi connectivity index (χ1) is 12.5. The fourth-order valence-corrected chi connectivity index (χ4v) is 3.21. The lowest BCUT2D eigenvalue weighted by Gasteiger charge is -2.09. The standard InChI is InChI=1S/C18H15N3O4S/c22-16-6-2-1-5-15(16)18(23)20-13-8-10-14(11-9-13)26(24,25)21-17-7-3-4-12-19-17/h1-12,22H,(H,19,21)(H,20,23). The molecule has 7 nitrogen and oxygen atoms in total. The van der Waals surface area contributed by atoms with Gasteiger partial charge in [0.05, 0.1) is 10.5 Å². The van der Waals surface area contributed by atoms with Crippen LogP contribution in [0.3, 0.4) is 0 Å². The first-order valence-electron chi connectivity index (χ1n) is 7.59. The van der Waals surface area contributed by atoms with E-state index in [4.69, 9.17) is 0 Å². The van der Waals surface area contributed by atoms with Crippen LogP contribution in [-0.4, -0.2) is 24.4 Å². The van der Waals surface area contributed by atoms with Crippen LogP contribution in [0, 0.1) is 0 Å². The second-order valence-corrected chi connectivity index (χ2v) is 7.00. The Hall–Kier alpha value is -3.39. The molecule has 0 aliphatic carbocycles. The zero-order valence-electron chi connectivity index (χ0n) is 13.5. The summed E-state index contributed by atoms with van der Waals surface area (Å²) in [6.45, 7) is 0. The zero-order chi connectivity index (χ0) is 18.6. The summed E-state index contributed by atoms with van der Waals surface area (Å²) in [6.07, 6.45) is 1.48. The molecule has 8 heteroatoms. The molecule has 1 aromatic heterocycles. The van der Waals surface area contributed by atoms with Crippen LogP contribution in [0.2, 0.25) is 0 Å². The maximum absolute atomic E-state index is 12.3. The summed E-state index contributed by atoms with van der Waals surface area (Å²) in [7, 11) is -3.78. The monoisotopic (exact) mass is 369 g/mol. The highest BCUT2D eigenvalue weighted by Crippen LogP contribution is 2.20. The number of carbonyl (C=O) groups excluding carboxylic acids is 1. The van der Waals surface area contributed by atoms with Gasteiger partial charge in [0.1, 0.15) is 11.6 Å². The van der Waals surface area contributed by atoms with Crippen molar-refractivity contribution in [3.05, 3.63) is 78.5 Å². The van der Waals surface area contributed by atoms with Gasteiger partial charge in [0.2, 0.25) is 0 Å². The van der Waals surface area contributed by atoms with Gasteiger partial charge in [0.15, 0.2) is 0 Å². The second-order valence-electron chi connectivity index (χ2n) is 5.32. The number of pyridine rings is 1. The Morgan fingerprint density at radius 2 is 1.62 bits per heavy atom. The Morgan fingerprint density at radius 3 is 2.27 bits per heavy atom. The van der Waals surface area contributed by atoms with E-state index < -0.39 is 15.9 Å². The number of sulfonamides is 1. The lowest BCUT2D eigenvalue weighted by molar-refractivity contribution is 0.102. The average Bonchev–Trinajstić information content (AvgIpc) is 2.63. The SMILES string of the molecule is O=C(Nc1ccc(S(=O)(=O)Nc2ccccn2)cc1)c1ccccc1O. The summed E-state index contributed by atoms with van der Waals surface area (Å²) in [6, 6.07) is 16.7. The van der Waals surface area contributed by atoms with Crippen LogP contribution in [0.15, 0.2) is 77.8 Å². The summed E-state index contributed by atoms with van der Waals surface area (Å²) in [5.41, 5.74) is 0.524. The molecular formula is C18H15N3O4S. The van der Waals surface area contributed by atoms with Gasteiger partial charge in [-0.1, -0.05) is 18.2 Å². The number of hydrogen-bond donors (Lipinski definition) is 3. The maximum atomic E-state index is 12.3. The van der Waals surface area contributed by atoms with Crippen LogP contribution in [0.4, 0.5) is 11.5 Å². The predicted octanol–water partition coefficient (Wildman–Crippen LogP) is 2.84. The second kappa shape index (κ2) is 7.24. The molecule has 132 valence electrons. The summed E-state index contributed by atoms with van der Waals surface area (Å²) < 4.78 is 27.0. The third-order valence-corrected chi connectivity index (χ3v) is 4.85. The Morgan fingerprint density at radius 1 is 0.923 bits per heavy atom. The molecule has 0 radical (unpaired) electrons. The Bertz CT molecular complexity index is 1020. The lowest BCUT2D eigenvalue weighted by Crippen LogP contribution is -2.14. The molecule has 0 fully saturated rings. The molecule has 0 saturated carbocycles. The minimum atomic E-state index is -3.78. The summed E-state index contributed by atoms with van der Waals surface area (Å²) in [5.74, 6) is -0.418. The van der Waals surface area contributed by atoms with Crippen LogP contribution in [-0.2, 0) is 10.0 Å². The average molecular weight is 369 g/mol. The lowest BCUT2D eigenvalue weighted by atomic mass is 10.2. The van der Waals surface area contributed by atoms with Crippen molar-refractivity contribution in [3.8, 4) is 5.75 Å². The van der Waals surface area contributed by atoms with E-state index >= 15 is 0 Å². The Labute approximate surface area is 150 Å². The first kappa shape index (κ1) is 17.4. The van der Waals surface area contributed by atoms with Gasteiger partial charge in [-0.2, -0.15) is 0 Å². The van der Waals surface area contributed by atoms with E-state index in [0.29, 0.717) is 5.69 Å². The van der Waals surface area contributed by atoms with Crippen LogP contribution in [0.25, 0.3) is 0 Å². The smallest absolute Gasteiger partial charge is 0.263 e. The number of benzene rings is 2. The van der Waals surface area contributed by atoms with Gasteiger partial charge in [-0.25, -0.2) is 13.4 Å². The van der Waals surface area contributed by atoms with Crippen molar-refractivity contribution >= 4 is 27.4 Å².